The molecule has 2 unspecified atom stereocenters. The molecule has 1 amide bonds. The Morgan fingerprint density at radius 1 is 1.89 bits per heavy atom. The van der Waals surface area contributed by atoms with Gasteiger partial charge in [0.05, 0.1) is 0 Å². The zero-order chi connectivity index (χ0) is 6.48. The fourth-order valence-corrected chi connectivity index (χ4v) is 1.88. The van der Waals surface area contributed by atoms with Crippen LogP contribution in [0.1, 0.15) is 26.2 Å². The molecule has 1 saturated carbocycles. The first kappa shape index (κ1) is 5.27. The van der Waals surface area contributed by atoms with Gasteiger partial charge in [0.15, 0.2) is 0 Å². The summed E-state index contributed by atoms with van der Waals surface area (Å²) in [6.45, 7) is 2.14. The van der Waals surface area contributed by atoms with Crippen molar-refractivity contribution in [2.75, 3.05) is 0 Å². The summed E-state index contributed by atoms with van der Waals surface area (Å²) in [5.74, 6) is 0.947. The van der Waals surface area contributed by atoms with Crippen molar-refractivity contribution in [1.29, 1.82) is 0 Å². The minimum absolute atomic E-state index is 0.258. The van der Waals surface area contributed by atoms with E-state index in [0.29, 0.717) is 5.92 Å². The number of nitrogens with one attached hydrogen (secondary N) is 1. The number of amides is 1. The molecule has 2 fully saturated rings. The van der Waals surface area contributed by atoms with Crippen molar-refractivity contribution >= 4 is 5.91 Å². The highest BCUT2D eigenvalue weighted by Gasteiger charge is 2.58. The molecule has 1 aliphatic heterocycles. The average Bonchev–Trinajstić information content (AvgIpc) is 2.38. The van der Waals surface area contributed by atoms with Gasteiger partial charge < -0.3 is 5.32 Å². The van der Waals surface area contributed by atoms with Crippen LogP contribution in [-0.2, 0) is 4.79 Å². The lowest BCUT2D eigenvalue weighted by atomic mass is 10.2. The molecule has 2 heteroatoms. The van der Waals surface area contributed by atoms with E-state index in [1.165, 1.54) is 6.42 Å². The largest absolute Gasteiger partial charge is 0.350 e. The van der Waals surface area contributed by atoms with Gasteiger partial charge in [0.25, 0.3) is 0 Å². The zero-order valence-electron chi connectivity index (χ0n) is 5.61. The van der Waals surface area contributed by atoms with Crippen LogP contribution in [-0.4, -0.2) is 11.4 Å². The molecule has 2 aliphatic rings. The predicted octanol–water partition coefficient (Wildman–Crippen LogP) is 0.675. The van der Waals surface area contributed by atoms with Crippen molar-refractivity contribution < 1.29 is 4.79 Å². The fraction of sp³-hybridized carbons (Fsp3) is 0.857. The zero-order valence-corrected chi connectivity index (χ0v) is 5.61. The Morgan fingerprint density at radius 3 is 3.00 bits per heavy atom. The molecule has 2 rings (SSSR count). The molecule has 1 heterocycles. The third kappa shape index (κ3) is 0.533. The normalized spacial score (nSPS) is 46.3. The molecular formula is C7H11NO. The second-order valence-electron chi connectivity index (χ2n) is 3.16. The first-order chi connectivity index (χ1) is 4.27. The van der Waals surface area contributed by atoms with E-state index in [0.717, 1.165) is 12.8 Å². The molecule has 0 aromatic rings. The highest BCUT2D eigenvalue weighted by molar-refractivity contribution is 5.82. The topological polar surface area (TPSA) is 29.1 Å². The van der Waals surface area contributed by atoms with Crippen LogP contribution in [0.4, 0.5) is 0 Å². The van der Waals surface area contributed by atoms with Crippen LogP contribution in [0, 0.1) is 5.92 Å². The Hall–Kier alpha value is -0.530. The number of rotatable bonds is 1. The van der Waals surface area contributed by atoms with Crippen LogP contribution in [0.5, 0.6) is 0 Å². The lowest BCUT2D eigenvalue weighted by molar-refractivity contribution is -0.120. The van der Waals surface area contributed by atoms with Crippen LogP contribution in [0.25, 0.3) is 0 Å². The molecule has 0 bridgehead atoms. The lowest BCUT2D eigenvalue weighted by Crippen LogP contribution is -2.30. The maximum absolute atomic E-state index is 10.7. The predicted molar refractivity (Wildman–Crippen MR) is 33.9 cm³/mol. The highest BCUT2D eigenvalue weighted by Crippen LogP contribution is 2.51. The van der Waals surface area contributed by atoms with Gasteiger partial charge in [-0.2, -0.15) is 0 Å². The van der Waals surface area contributed by atoms with E-state index in [1.54, 1.807) is 0 Å². The van der Waals surface area contributed by atoms with E-state index in [-0.39, 0.29) is 11.4 Å². The molecule has 1 saturated heterocycles. The van der Waals surface area contributed by atoms with Crippen molar-refractivity contribution in [3.8, 4) is 0 Å². The number of hydrogen-bond donors (Lipinski definition) is 1. The second-order valence-corrected chi connectivity index (χ2v) is 3.16. The third-order valence-electron chi connectivity index (χ3n) is 2.68. The summed E-state index contributed by atoms with van der Waals surface area (Å²) in [6, 6.07) is 0. The molecule has 50 valence electrons. The number of carbonyl (C=O) groups excluding carboxylic acids is 1. The van der Waals surface area contributed by atoms with E-state index in [9.17, 15) is 4.79 Å². The van der Waals surface area contributed by atoms with Crippen molar-refractivity contribution in [3.05, 3.63) is 0 Å². The highest BCUT2D eigenvalue weighted by atomic mass is 16.2. The monoisotopic (exact) mass is 125 g/mol. The van der Waals surface area contributed by atoms with Gasteiger partial charge >= 0.3 is 0 Å². The standard InChI is InChI=1S/C7H11NO/c1-2-7-4-5(7)3-6(9)8-7/h5H,2-4H2,1H3,(H,8,9). The minimum atomic E-state index is 0.258. The van der Waals surface area contributed by atoms with E-state index in [2.05, 4.69) is 12.2 Å². The van der Waals surface area contributed by atoms with Gasteiger partial charge in [-0.05, 0) is 18.8 Å². The maximum atomic E-state index is 10.7. The molecule has 2 atom stereocenters. The van der Waals surface area contributed by atoms with Gasteiger partial charge in [-0.25, -0.2) is 0 Å². The van der Waals surface area contributed by atoms with Crippen LogP contribution < -0.4 is 5.32 Å². The molecule has 0 aromatic heterocycles. The molecular weight excluding hydrogens is 114 g/mol. The first-order valence-electron chi connectivity index (χ1n) is 3.58. The van der Waals surface area contributed by atoms with Gasteiger partial charge in [0.1, 0.15) is 0 Å². The Bertz CT molecular complexity index is 162. The molecule has 1 aliphatic carbocycles. The van der Waals surface area contributed by atoms with E-state index in [4.69, 9.17) is 0 Å². The lowest BCUT2D eigenvalue weighted by Gasteiger charge is -2.08. The number of piperidine rings is 1. The number of fused-ring (bicyclic) bond motifs is 1. The summed E-state index contributed by atoms with van der Waals surface area (Å²) in [5.41, 5.74) is 0.275. The van der Waals surface area contributed by atoms with Gasteiger partial charge in [-0.15, -0.1) is 0 Å². The van der Waals surface area contributed by atoms with Crippen molar-refractivity contribution in [3.63, 3.8) is 0 Å². The number of hydrogen-bond acceptors (Lipinski definition) is 1. The van der Waals surface area contributed by atoms with Crippen molar-refractivity contribution in [2.24, 2.45) is 5.92 Å². The summed E-state index contributed by atoms with van der Waals surface area (Å²) in [4.78, 5) is 10.7. The summed E-state index contributed by atoms with van der Waals surface area (Å²) < 4.78 is 0. The Labute approximate surface area is 54.6 Å². The second kappa shape index (κ2) is 1.31. The molecule has 2 nitrogen and oxygen atoms in total. The molecule has 1 N–H and O–H groups in total. The SMILES string of the molecule is CCC12CC1CC(=O)N2. The smallest absolute Gasteiger partial charge is 0.220 e. The van der Waals surface area contributed by atoms with Crippen LogP contribution in [0.15, 0.2) is 0 Å². The Kier molecular flexibility index (Phi) is 0.765. The summed E-state index contributed by atoms with van der Waals surface area (Å²) in [5, 5.41) is 3.02. The maximum Gasteiger partial charge on any atom is 0.220 e. The van der Waals surface area contributed by atoms with Gasteiger partial charge in [0.2, 0.25) is 5.91 Å². The molecule has 0 radical (unpaired) electrons. The van der Waals surface area contributed by atoms with E-state index >= 15 is 0 Å². The van der Waals surface area contributed by atoms with E-state index < -0.39 is 0 Å². The van der Waals surface area contributed by atoms with Crippen LogP contribution >= 0.6 is 0 Å². The van der Waals surface area contributed by atoms with Crippen molar-refractivity contribution in [2.45, 2.75) is 31.7 Å². The molecule has 9 heavy (non-hydrogen) atoms. The average molecular weight is 125 g/mol. The quantitative estimate of drug-likeness (QED) is 0.548. The Morgan fingerprint density at radius 2 is 2.67 bits per heavy atom. The summed E-state index contributed by atoms with van der Waals surface area (Å²) >= 11 is 0. The van der Waals surface area contributed by atoms with Crippen LogP contribution in [0.3, 0.4) is 0 Å². The fourth-order valence-electron chi connectivity index (χ4n) is 1.88. The summed E-state index contributed by atoms with van der Waals surface area (Å²) in [6.07, 6.45) is 3.13. The summed E-state index contributed by atoms with van der Waals surface area (Å²) in [7, 11) is 0. The molecule has 0 spiro atoms. The van der Waals surface area contributed by atoms with Gasteiger partial charge in [0, 0.05) is 12.0 Å². The van der Waals surface area contributed by atoms with Gasteiger partial charge in [-0.3, -0.25) is 4.79 Å². The number of carbonyl (C=O) groups is 1. The van der Waals surface area contributed by atoms with Crippen molar-refractivity contribution in [1.82, 2.24) is 5.32 Å². The Balaban J connectivity index is 2.13. The minimum Gasteiger partial charge on any atom is -0.350 e. The van der Waals surface area contributed by atoms with Crippen LogP contribution in [0.2, 0.25) is 0 Å². The molecule has 0 aromatic carbocycles. The first-order valence-corrected chi connectivity index (χ1v) is 3.58. The van der Waals surface area contributed by atoms with E-state index in [1.807, 2.05) is 0 Å². The third-order valence-corrected chi connectivity index (χ3v) is 2.68. The van der Waals surface area contributed by atoms with Gasteiger partial charge in [-0.1, -0.05) is 6.92 Å².